The molecular formula is C25H24F2N6O3. The van der Waals surface area contributed by atoms with Crippen LogP contribution in [0.25, 0.3) is 22.3 Å². The first-order chi connectivity index (χ1) is 17.2. The number of carbonyl (C=O) groups excluding carboxylic acids is 2. The standard InChI is InChI=1S/C25H24F2N6O3/c1-15-18-9-8-17(12-20(18)32(2)30-15)22-29-24(36-31-22)19-10-11-33(14-25(19,26)27)21(34)13-28-23(35)16-6-4-3-5-7-16/h3-9,12,19H,10-11,13-14H2,1-2H3,(H,28,35). The Morgan fingerprint density at radius 3 is 2.72 bits per heavy atom. The molecule has 2 aromatic heterocycles. The molecule has 186 valence electrons. The zero-order valence-corrected chi connectivity index (χ0v) is 19.7. The van der Waals surface area contributed by atoms with Crippen LogP contribution in [0, 0.1) is 6.92 Å². The van der Waals surface area contributed by atoms with Crippen LogP contribution in [0.2, 0.25) is 0 Å². The average molecular weight is 495 g/mol. The van der Waals surface area contributed by atoms with Crippen molar-refractivity contribution in [3.8, 4) is 11.4 Å². The van der Waals surface area contributed by atoms with Gasteiger partial charge in [-0.1, -0.05) is 35.5 Å². The number of aromatic nitrogens is 4. The number of rotatable bonds is 5. The maximum absolute atomic E-state index is 15.1. The van der Waals surface area contributed by atoms with Crippen molar-refractivity contribution in [3.63, 3.8) is 0 Å². The third-order valence-electron chi connectivity index (χ3n) is 6.42. The van der Waals surface area contributed by atoms with E-state index < -0.39 is 30.2 Å². The summed E-state index contributed by atoms with van der Waals surface area (Å²) in [6, 6.07) is 13.9. The smallest absolute Gasteiger partial charge is 0.276 e. The summed E-state index contributed by atoms with van der Waals surface area (Å²) < 4.78 is 37.1. The van der Waals surface area contributed by atoms with Crippen molar-refractivity contribution < 1.29 is 22.9 Å². The first-order valence-electron chi connectivity index (χ1n) is 11.5. The van der Waals surface area contributed by atoms with Crippen molar-refractivity contribution in [2.24, 2.45) is 7.05 Å². The van der Waals surface area contributed by atoms with E-state index in [0.717, 1.165) is 21.5 Å². The number of nitrogens with one attached hydrogen (secondary N) is 1. The number of amides is 2. The van der Waals surface area contributed by atoms with Gasteiger partial charge in [0.05, 0.1) is 24.3 Å². The second-order valence-corrected chi connectivity index (χ2v) is 8.86. The second-order valence-electron chi connectivity index (χ2n) is 8.86. The topological polar surface area (TPSA) is 106 Å². The zero-order chi connectivity index (χ0) is 25.4. The molecule has 1 fully saturated rings. The number of aryl methyl sites for hydroxylation is 2. The highest BCUT2D eigenvalue weighted by atomic mass is 19.3. The van der Waals surface area contributed by atoms with Gasteiger partial charge in [0.25, 0.3) is 11.8 Å². The molecular weight excluding hydrogens is 470 g/mol. The number of piperidine rings is 1. The summed E-state index contributed by atoms with van der Waals surface area (Å²) in [7, 11) is 1.82. The summed E-state index contributed by atoms with van der Waals surface area (Å²) >= 11 is 0. The first kappa shape index (κ1) is 23.6. The van der Waals surface area contributed by atoms with Gasteiger partial charge in [-0.05, 0) is 31.5 Å². The van der Waals surface area contributed by atoms with Gasteiger partial charge in [-0.3, -0.25) is 14.3 Å². The molecule has 0 saturated carbocycles. The second kappa shape index (κ2) is 9.14. The van der Waals surface area contributed by atoms with Crippen LogP contribution in [-0.2, 0) is 11.8 Å². The average Bonchev–Trinajstić information content (AvgIpc) is 3.46. The highest BCUT2D eigenvalue weighted by Crippen LogP contribution is 2.40. The van der Waals surface area contributed by atoms with Crippen molar-refractivity contribution in [1.82, 2.24) is 30.1 Å². The van der Waals surface area contributed by atoms with Crippen molar-refractivity contribution in [1.29, 1.82) is 0 Å². The van der Waals surface area contributed by atoms with Gasteiger partial charge in [0.2, 0.25) is 17.6 Å². The van der Waals surface area contributed by atoms with E-state index in [2.05, 4.69) is 20.6 Å². The molecule has 11 heteroatoms. The number of hydrogen-bond acceptors (Lipinski definition) is 6. The van der Waals surface area contributed by atoms with Crippen LogP contribution in [0.15, 0.2) is 53.1 Å². The molecule has 0 bridgehead atoms. The third-order valence-corrected chi connectivity index (χ3v) is 6.42. The monoisotopic (exact) mass is 494 g/mol. The Hall–Kier alpha value is -4.15. The minimum Gasteiger partial charge on any atom is -0.343 e. The van der Waals surface area contributed by atoms with Crippen molar-refractivity contribution in [3.05, 3.63) is 65.7 Å². The highest BCUT2D eigenvalue weighted by Gasteiger charge is 2.49. The molecule has 0 radical (unpaired) electrons. The Kier molecular flexibility index (Phi) is 5.99. The number of fused-ring (bicyclic) bond motifs is 1. The fraction of sp³-hybridized carbons (Fsp3) is 0.320. The summed E-state index contributed by atoms with van der Waals surface area (Å²) in [5.41, 5.74) is 2.77. The Bertz CT molecular complexity index is 1430. The largest absolute Gasteiger partial charge is 0.343 e. The lowest BCUT2D eigenvalue weighted by Crippen LogP contribution is -2.52. The Morgan fingerprint density at radius 2 is 1.97 bits per heavy atom. The van der Waals surface area contributed by atoms with E-state index in [1.165, 1.54) is 0 Å². The molecule has 0 spiro atoms. The summed E-state index contributed by atoms with van der Waals surface area (Å²) in [6.45, 7) is 0.827. The van der Waals surface area contributed by atoms with Gasteiger partial charge in [-0.15, -0.1) is 0 Å². The van der Waals surface area contributed by atoms with Gasteiger partial charge in [-0.25, -0.2) is 8.78 Å². The van der Waals surface area contributed by atoms with E-state index in [-0.39, 0.29) is 31.2 Å². The number of alkyl halides is 2. The maximum atomic E-state index is 15.1. The summed E-state index contributed by atoms with van der Waals surface area (Å²) in [6.07, 6.45) is -0.0486. The SMILES string of the molecule is Cc1nn(C)c2cc(-c3noc(C4CCN(C(=O)CNC(=O)c5ccccc5)CC4(F)F)n3)ccc12. The normalized spacial score (nSPS) is 17.3. The van der Waals surface area contributed by atoms with Crippen LogP contribution >= 0.6 is 0 Å². The van der Waals surface area contributed by atoms with Gasteiger partial charge in [0.1, 0.15) is 5.92 Å². The molecule has 9 nitrogen and oxygen atoms in total. The predicted molar refractivity (Wildman–Crippen MR) is 126 cm³/mol. The summed E-state index contributed by atoms with van der Waals surface area (Å²) in [5, 5.41) is 11.8. The van der Waals surface area contributed by atoms with Crippen LogP contribution in [0.3, 0.4) is 0 Å². The quantitative estimate of drug-likeness (QED) is 0.456. The zero-order valence-electron chi connectivity index (χ0n) is 19.7. The Morgan fingerprint density at radius 1 is 1.19 bits per heavy atom. The van der Waals surface area contributed by atoms with Crippen molar-refractivity contribution in [2.45, 2.75) is 25.2 Å². The van der Waals surface area contributed by atoms with E-state index in [4.69, 9.17) is 4.52 Å². The number of halogens is 2. The summed E-state index contributed by atoms with van der Waals surface area (Å²) in [5.74, 6) is -5.56. The minimum atomic E-state index is -3.27. The fourth-order valence-electron chi connectivity index (χ4n) is 4.49. The van der Waals surface area contributed by atoms with Crippen LogP contribution in [0.5, 0.6) is 0 Å². The van der Waals surface area contributed by atoms with Crippen LogP contribution < -0.4 is 5.32 Å². The van der Waals surface area contributed by atoms with Crippen molar-refractivity contribution >= 4 is 22.7 Å². The molecule has 3 heterocycles. The molecule has 1 aliphatic heterocycles. The first-order valence-corrected chi connectivity index (χ1v) is 11.5. The molecule has 2 amide bonds. The number of likely N-dealkylation sites (tertiary alicyclic amines) is 1. The minimum absolute atomic E-state index is 0.0486. The molecule has 1 N–H and O–H groups in total. The van der Waals surface area contributed by atoms with Crippen LogP contribution in [0.1, 0.15) is 34.3 Å². The molecule has 1 saturated heterocycles. The van der Waals surface area contributed by atoms with Gasteiger partial charge < -0.3 is 14.7 Å². The van der Waals surface area contributed by atoms with Gasteiger partial charge >= 0.3 is 0 Å². The third kappa shape index (κ3) is 4.43. The Labute approximate surface area is 205 Å². The van der Waals surface area contributed by atoms with Gasteiger partial charge in [0.15, 0.2) is 0 Å². The molecule has 36 heavy (non-hydrogen) atoms. The lowest BCUT2D eigenvalue weighted by atomic mass is 9.92. The van der Waals surface area contributed by atoms with Crippen LogP contribution in [0.4, 0.5) is 8.78 Å². The lowest BCUT2D eigenvalue weighted by molar-refractivity contribution is -0.144. The number of benzene rings is 2. The molecule has 5 rings (SSSR count). The Balaban J connectivity index is 1.25. The predicted octanol–water partition coefficient (Wildman–Crippen LogP) is 3.31. The molecule has 4 aromatic rings. The molecule has 1 atom stereocenters. The van der Waals surface area contributed by atoms with Gasteiger partial charge in [0, 0.05) is 30.1 Å². The molecule has 1 unspecified atom stereocenters. The molecule has 0 aliphatic carbocycles. The van der Waals surface area contributed by atoms with E-state index in [0.29, 0.717) is 11.1 Å². The van der Waals surface area contributed by atoms with Crippen molar-refractivity contribution in [2.75, 3.05) is 19.6 Å². The van der Waals surface area contributed by atoms with E-state index in [1.54, 1.807) is 41.1 Å². The number of carbonyl (C=O) groups is 2. The highest BCUT2D eigenvalue weighted by molar-refractivity contribution is 5.96. The van der Waals surface area contributed by atoms with E-state index >= 15 is 8.78 Å². The number of nitrogens with zero attached hydrogens (tertiary/aromatic N) is 5. The number of hydrogen-bond donors (Lipinski definition) is 1. The van der Waals surface area contributed by atoms with Gasteiger partial charge in [-0.2, -0.15) is 10.1 Å². The molecule has 1 aliphatic rings. The van der Waals surface area contributed by atoms with Crippen LogP contribution in [-0.4, -0.2) is 62.2 Å². The fourth-order valence-corrected chi connectivity index (χ4v) is 4.49. The maximum Gasteiger partial charge on any atom is 0.276 e. The molecule has 2 aromatic carbocycles. The summed E-state index contributed by atoms with van der Waals surface area (Å²) in [4.78, 5) is 30.0. The lowest BCUT2D eigenvalue weighted by Gasteiger charge is -2.36. The van der Waals surface area contributed by atoms with E-state index in [9.17, 15) is 9.59 Å². The van der Waals surface area contributed by atoms with E-state index in [1.807, 2.05) is 26.1 Å².